The average molecular weight is 366 g/mol. The predicted molar refractivity (Wildman–Crippen MR) is 93.1 cm³/mol. The fourth-order valence-corrected chi connectivity index (χ4v) is 3.25. The third-order valence-corrected chi connectivity index (χ3v) is 4.56. The first-order chi connectivity index (χ1) is 12.3. The number of alkyl halides is 3. The lowest BCUT2D eigenvalue weighted by Crippen LogP contribution is -2.38. The van der Waals surface area contributed by atoms with Crippen LogP contribution < -0.4 is 10.6 Å². The van der Waals surface area contributed by atoms with E-state index in [1.54, 1.807) is 6.20 Å². The van der Waals surface area contributed by atoms with Crippen molar-refractivity contribution in [1.82, 2.24) is 15.5 Å². The van der Waals surface area contributed by atoms with Crippen molar-refractivity contribution in [2.45, 2.75) is 38.9 Å². The molecule has 5 nitrogen and oxygen atoms in total. The molecule has 1 aromatic carbocycles. The summed E-state index contributed by atoms with van der Waals surface area (Å²) >= 11 is 0. The molecule has 0 amide bonds. The van der Waals surface area contributed by atoms with Gasteiger partial charge in [0.25, 0.3) is 0 Å². The monoisotopic (exact) mass is 366 g/mol. The molecule has 0 bridgehead atoms. The number of benzene rings is 1. The van der Waals surface area contributed by atoms with Crippen LogP contribution >= 0.6 is 0 Å². The first-order valence-corrected chi connectivity index (χ1v) is 8.48. The van der Waals surface area contributed by atoms with Gasteiger partial charge in [-0.25, -0.2) is 0 Å². The Kier molecular flexibility index (Phi) is 5.04. The number of anilines is 1. The number of aromatic hydroxyl groups is 1. The molecule has 1 saturated heterocycles. The number of piperidine rings is 1. The number of hydrogen-bond donors (Lipinski definition) is 3. The number of halogens is 3. The van der Waals surface area contributed by atoms with Crippen molar-refractivity contribution in [2.24, 2.45) is 0 Å². The van der Waals surface area contributed by atoms with Crippen LogP contribution in [0.5, 0.6) is 5.75 Å². The molecular weight excluding hydrogens is 345 g/mol. The van der Waals surface area contributed by atoms with E-state index in [1.165, 1.54) is 6.92 Å². The van der Waals surface area contributed by atoms with Gasteiger partial charge in [0, 0.05) is 18.2 Å². The highest BCUT2D eigenvalue weighted by Crippen LogP contribution is 2.41. The van der Waals surface area contributed by atoms with E-state index in [4.69, 9.17) is 0 Å². The molecule has 1 unspecified atom stereocenters. The van der Waals surface area contributed by atoms with Crippen molar-refractivity contribution < 1.29 is 18.3 Å². The normalized spacial score (nSPS) is 18.0. The first-order valence-electron chi connectivity index (χ1n) is 8.48. The molecule has 1 fully saturated rings. The summed E-state index contributed by atoms with van der Waals surface area (Å²) in [4.78, 5) is 0. The van der Waals surface area contributed by atoms with E-state index in [9.17, 15) is 18.3 Å². The molecule has 2 aromatic rings. The van der Waals surface area contributed by atoms with E-state index in [1.807, 2.05) is 6.92 Å². The topological polar surface area (TPSA) is 70.1 Å². The van der Waals surface area contributed by atoms with E-state index >= 15 is 0 Å². The summed E-state index contributed by atoms with van der Waals surface area (Å²) in [6, 6.07) is 1.94. The zero-order valence-electron chi connectivity index (χ0n) is 14.6. The maximum absolute atomic E-state index is 13.0. The quantitative estimate of drug-likeness (QED) is 0.774. The standard InChI is InChI=1S/C18H21F3N4O/c1-10-6-12(18(19,20)21)7-14(26)15(10)17-16(11(2)8-23-25-17)24-13-4-3-5-22-9-13/h6-8,13,22,26H,3-5,9H2,1-2H3,(H,23,24). The number of hydrogen-bond acceptors (Lipinski definition) is 5. The van der Waals surface area contributed by atoms with Crippen LogP contribution in [0.25, 0.3) is 11.3 Å². The van der Waals surface area contributed by atoms with Crippen LogP contribution in [0.2, 0.25) is 0 Å². The summed E-state index contributed by atoms with van der Waals surface area (Å²) < 4.78 is 38.9. The Morgan fingerprint density at radius 2 is 2.00 bits per heavy atom. The number of aryl methyl sites for hydroxylation is 2. The third kappa shape index (κ3) is 3.75. The number of rotatable bonds is 3. The highest BCUT2D eigenvalue weighted by atomic mass is 19.4. The van der Waals surface area contributed by atoms with Crippen molar-refractivity contribution >= 4 is 5.69 Å². The van der Waals surface area contributed by atoms with E-state index < -0.39 is 17.5 Å². The molecule has 0 aliphatic carbocycles. The first kappa shape index (κ1) is 18.4. The van der Waals surface area contributed by atoms with E-state index in [0.717, 1.165) is 43.6 Å². The Bertz CT molecular complexity index is 779. The minimum absolute atomic E-state index is 0.183. The summed E-state index contributed by atoms with van der Waals surface area (Å²) in [5.41, 5.74) is 1.54. The maximum atomic E-state index is 13.0. The second-order valence-electron chi connectivity index (χ2n) is 6.62. The van der Waals surface area contributed by atoms with Gasteiger partial charge in [-0.3, -0.25) is 0 Å². The largest absolute Gasteiger partial charge is 0.507 e. The molecular formula is C18H21F3N4O. The average Bonchev–Trinajstić information content (AvgIpc) is 2.57. The van der Waals surface area contributed by atoms with Crippen molar-refractivity contribution in [2.75, 3.05) is 18.4 Å². The van der Waals surface area contributed by atoms with Crippen molar-refractivity contribution in [3.8, 4) is 17.0 Å². The van der Waals surface area contributed by atoms with Gasteiger partial charge in [-0.15, -0.1) is 5.10 Å². The molecule has 8 heteroatoms. The second-order valence-corrected chi connectivity index (χ2v) is 6.62. The lowest BCUT2D eigenvalue weighted by Gasteiger charge is -2.26. The van der Waals surface area contributed by atoms with Crippen LogP contribution in [0.1, 0.15) is 29.5 Å². The number of aromatic nitrogens is 2. The summed E-state index contributed by atoms with van der Waals surface area (Å²) in [7, 11) is 0. The minimum atomic E-state index is -4.52. The van der Waals surface area contributed by atoms with Crippen LogP contribution in [0.15, 0.2) is 18.3 Å². The molecule has 1 aliphatic rings. The molecule has 1 aromatic heterocycles. The fourth-order valence-electron chi connectivity index (χ4n) is 3.25. The number of nitrogens with zero attached hydrogens (tertiary/aromatic N) is 2. The number of phenolic OH excluding ortho intramolecular Hbond substituents is 1. The maximum Gasteiger partial charge on any atom is 0.416 e. The number of nitrogens with one attached hydrogen (secondary N) is 2. The smallest absolute Gasteiger partial charge is 0.416 e. The van der Waals surface area contributed by atoms with Crippen LogP contribution in [0.4, 0.5) is 18.9 Å². The predicted octanol–water partition coefficient (Wildman–Crippen LogP) is 3.65. The van der Waals surface area contributed by atoms with Gasteiger partial charge < -0.3 is 15.7 Å². The molecule has 2 heterocycles. The zero-order valence-corrected chi connectivity index (χ0v) is 14.6. The Balaban J connectivity index is 2.05. The SMILES string of the molecule is Cc1cnnc(-c2c(C)cc(C(F)(F)F)cc2O)c1NC1CCCNC1. The van der Waals surface area contributed by atoms with Gasteiger partial charge in [0.2, 0.25) is 0 Å². The van der Waals surface area contributed by atoms with E-state index in [0.29, 0.717) is 16.9 Å². The van der Waals surface area contributed by atoms with Crippen LogP contribution in [-0.4, -0.2) is 34.4 Å². The molecule has 26 heavy (non-hydrogen) atoms. The van der Waals surface area contributed by atoms with Gasteiger partial charge in [-0.05, 0) is 56.5 Å². The molecule has 0 saturated carbocycles. The van der Waals surface area contributed by atoms with Crippen LogP contribution in [0, 0.1) is 13.8 Å². The minimum Gasteiger partial charge on any atom is -0.507 e. The van der Waals surface area contributed by atoms with Crippen molar-refractivity contribution in [3.05, 3.63) is 35.0 Å². The zero-order chi connectivity index (χ0) is 18.9. The summed E-state index contributed by atoms with van der Waals surface area (Å²) in [5, 5.41) is 25.1. The Morgan fingerprint density at radius 1 is 1.23 bits per heavy atom. The number of phenols is 1. The van der Waals surface area contributed by atoms with E-state index in [-0.39, 0.29) is 11.6 Å². The van der Waals surface area contributed by atoms with Crippen molar-refractivity contribution in [3.63, 3.8) is 0 Å². The van der Waals surface area contributed by atoms with Crippen molar-refractivity contribution in [1.29, 1.82) is 0 Å². The van der Waals surface area contributed by atoms with Gasteiger partial charge in [-0.1, -0.05) is 0 Å². The molecule has 3 rings (SSSR count). The Morgan fingerprint density at radius 3 is 2.62 bits per heavy atom. The third-order valence-electron chi connectivity index (χ3n) is 4.56. The lowest BCUT2D eigenvalue weighted by molar-refractivity contribution is -0.137. The molecule has 1 aliphatic heterocycles. The van der Waals surface area contributed by atoms with Gasteiger partial charge in [0.1, 0.15) is 11.4 Å². The fraction of sp³-hybridized carbons (Fsp3) is 0.444. The van der Waals surface area contributed by atoms with E-state index in [2.05, 4.69) is 20.8 Å². The Hall–Kier alpha value is -2.35. The molecule has 3 N–H and O–H groups in total. The molecule has 0 radical (unpaired) electrons. The molecule has 0 spiro atoms. The van der Waals surface area contributed by atoms with Gasteiger partial charge in [-0.2, -0.15) is 18.3 Å². The van der Waals surface area contributed by atoms with Gasteiger partial charge in [0.15, 0.2) is 0 Å². The van der Waals surface area contributed by atoms with Crippen LogP contribution in [0.3, 0.4) is 0 Å². The lowest BCUT2D eigenvalue weighted by atomic mass is 9.98. The second kappa shape index (κ2) is 7.11. The van der Waals surface area contributed by atoms with Gasteiger partial charge >= 0.3 is 6.18 Å². The Labute approximate surface area is 149 Å². The summed E-state index contributed by atoms with van der Waals surface area (Å²) in [6.07, 6.45) is -0.909. The summed E-state index contributed by atoms with van der Waals surface area (Å²) in [6.45, 7) is 5.14. The summed E-state index contributed by atoms with van der Waals surface area (Å²) in [5.74, 6) is -0.456. The molecule has 1 atom stereocenters. The highest BCUT2D eigenvalue weighted by molar-refractivity contribution is 5.82. The van der Waals surface area contributed by atoms with Crippen LogP contribution in [-0.2, 0) is 6.18 Å². The van der Waals surface area contributed by atoms with Gasteiger partial charge in [0.05, 0.1) is 17.4 Å². The molecule has 140 valence electrons. The highest BCUT2D eigenvalue weighted by Gasteiger charge is 2.32.